The first kappa shape index (κ1) is 16.3. The molecule has 3 heteroatoms. The van der Waals surface area contributed by atoms with Crippen LogP contribution in [0.25, 0.3) is 0 Å². The number of hydrogen-bond acceptors (Lipinski definition) is 2. The van der Waals surface area contributed by atoms with Gasteiger partial charge in [-0.25, -0.2) is 4.79 Å². The van der Waals surface area contributed by atoms with E-state index in [-0.39, 0.29) is 12.2 Å². The summed E-state index contributed by atoms with van der Waals surface area (Å²) >= 11 is 0. The molecule has 0 aromatic carbocycles. The third kappa shape index (κ3) is 6.84. The van der Waals surface area contributed by atoms with Crippen molar-refractivity contribution < 1.29 is 9.53 Å². The van der Waals surface area contributed by atoms with Gasteiger partial charge in [0.2, 0.25) is 0 Å². The highest BCUT2D eigenvalue weighted by Crippen LogP contribution is 2.39. The molecule has 2 atom stereocenters. The topological polar surface area (TPSA) is 38.3 Å². The third-order valence-corrected chi connectivity index (χ3v) is 3.92. The molecule has 1 aliphatic carbocycles. The molecule has 1 amide bonds. The average Bonchev–Trinajstić information content (AvgIpc) is 2.25. The monoisotopic (exact) mass is 269 g/mol. The quantitative estimate of drug-likeness (QED) is 0.721. The molecule has 0 saturated heterocycles. The van der Waals surface area contributed by atoms with Gasteiger partial charge in [0.05, 0.1) is 0 Å². The van der Waals surface area contributed by atoms with Crippen LogP contribution in [0.5, 0.6) is 0 Å². The molecule has 1 fully saturated rings. The van der Waals surface area contributed by atoms with Crippen LogP contribution in [0.15, 0.2) is 0 Å². The number of unbranched alkanes of at least 4 members (excludes halogenated alkanes) is 3. The molecule has 0 heterocycles. The summed E-state index contributed by atoms with van der Waals surface area (Å²) in [5.41, 5.74) is 0.295. The van der Waals surface area contributed by atoms with Crippen LogP contribution in [0.2, 0.25) is 0 Å². The zero-order chi connectivity index (χ0) is 14.3. The van der Waals surface area contributed by atoms with E-state index in [0.29, 0.717) is 11.3 Å². The van der Waals surface area contributed by atoms with Crippen molar-refractivity contribution in [3.05, 3.63) is 0 Å². The summed E-state index contributed by atoms with van der Waals surface area (Å²) in [6.45, 7) is 9.71. The van der Waals surface area contributed by atoms with E-state index in [1.807, 2.05) is 0 Å². The van der Waals surface area contributed by atoms with E-state index in [9.17, 15) is 4.79 Å². The third-order valence-electron chi connectivity index (χ3n) is 3.92. The summed E-state index contributed by atoms with van der Waals surface area (Å²) in [5.74, 6) is 0.645. The molecule has 112 valence electrons. The van der Waals surface area contributed by atoms with Crippen molar-refractivity contribution in [2.75, 3.05) is 6.54 Å². The minimum Gasteiger partial charge on any atom is -0.446 e. The molecule has 19 heavy (non-hydrogen) atoms. The van der Waals surface area contributed by atoms with Crippen LogP contribution in [-0.4, -0.2) is 18.7 Å². The number of nitrogens with one attached hydrogen (secondary N) is 1. The molecule has 0 spiro atoms. The normalized spacial score (nSPS) is 25.9. The minimum atomic E-state index is -0.230. The van der Waals surface area contributed by atoms with Crippen LogP contribution in [0.3, 0.4) is 0 Å². The average molecular weight is 269 g/mol. The van der Waals surface area contributed by atoms with Crippen LogP contribution in [-0.2, 0) is 4.74 Å². The summed E-state index contributed by atoms with van der Waals surface area (Å²) in [6, 6.07) is 0. The Kier molecular flexibility index (Phi) is 6.67. The van der Waals surface area contributed by atoms with Crippen molar-refractivity contribution in [2.24, 2.45) is 11.3 Å². The largest absolute Gasteiger partial charge is 0.446 e. The fourth-order valence-electron chi connectivity index (χ4n) is 3.28. The maximum Gasteiger partial charge on any atom is 0.407 e. The second-order valence-corrected chi connectivity index (χ2v) is 6.93. The van der Waals surface area contributed by atoms with E-state index in [1.165, 1.54) is 25.7 Å². The van der Waals surface area contributed by atoms with Crippen molar-refractivity contribution in [3.63, 3.8) is 0 Å². The second kappa shape index (κ2) is 7.76. The lowest BCUT2D eigenvalue weighted by Crippen LogP contribution is -2.37. The Bertz CT molecular complexity index is 276. The Morgan fingerprint density at radius 1 is 1.26 bits per heavy atom. The van der Waals surface area contributed by atoms with Crippen LogP contribution in [0.4, 0.5) is 4.79 Å². The van der Waals surface area contributed by atoms with Crippen molar-refractivity contribution >= 4 is 6.09 Å². The number of carbonyl (C=O) groups is 1. The van der Waals surface area contributed by atoms with Gasteiger partial charge in [-0.1, -0.05) is 47.0 Å². The van der Waals surface area contributed by atoms with Gasteiger partial charge in [-0.3, -0.25) is 0 Å². The van der Waals surface area contributed by atoms with Crippen molar-refractivity contribution in [3.8, 4) is 0 Å². The maximum atomic E-state index is 11.7. The summed E-state index contributed by atoms with van der Waals surface area (Å²) in [4.78, 5) is 11.7. The number of ether oxygens (including phenoxy) is 1. The smallest absolute Gasteiger partial charge is 0.407 e. The molecule has 1 saturated carbocycles. The number of hydrogen-bond donors (Lipinski definition) is 1. The first-order valence-electron chi connectivity index (χ1n) is 7.87. The lowest BCUT2D eigenvalue weighted by molar-refractivity contribution is 0.0188. The van der Waals surface area contributed by atoms with Gasteiger partial charge in [-0.2, -0.15) is 0 Å². The van der Waals surface area contributed by atoms with Gasteiger partial charge in [0.15, 0.2) is 0 Å². The highest BCUT2D eigenvalue weighted by atomic mass is 16.6. The van der Waals surface area contributed by atoms with Crippen molar-refractivity contribution in [1.82, 2.24) is 5.32 Å². The summed E-state index contributed by atoms with van der Waals surface area (Å²) in [5, 5.41) is 2.87. The van der Waals surface area contributed by atoms with Crippen molar-refractivity contribution in [2.45, 2.75) is 78.7 Å². The Morgan fingerprint density at radius 2 is 2.00 bits per heavy atom. The second-order valence-electron chi connectivity index (χ2n) is 6.93. The van der Waals surface area contributed by atoms with Gasteiger partial charge in [0.1, 0.15) is 6.10 Å². The number of alkyl carbamates (subject to hydrolysis) is 1. The zero-order valence-corrected chi connectivity index (χ0v) is 13.1. The summed E-state index contributed by atoms with van der Waals surface area (Å²) < 4.78 is 5.55. The summed E-state index contributed by atoms with van der Waals surface area (Å²) in [6.07, 6.45) is 7.78. The Hall–Kier alpha value is -0.730. The Balaban J connectivity index is 2.20. The number of rotatable bonds is 6. The van der Waals surface area contributed by atoms with E-state index < -0.39 is 0 Å². The first-order chi connectivity index (χ1) is 8.93. The first-order valence-corrected chi connectivity index (χ1v) is 7.87. The highest BCUT2D eigenvalue weighted by Gasteiger charge is 2.33. The molecule has 1 rings (SSSR count). The van der Waals surface area contributed by atoms with Crippen molar-refractivity contribution in [1.29, 1.82) is 0 Å². The fraction of sp³-hybridized carbons (Fsp3) is 0.938. The SMILES string of the molecule is CCCCCCNC(=O)O[C@@H]1C[C@H](C)CC(C)(C)C1. The highest BCUT2D eigenvalue weighted by molar-refractivity contribution is 5.67. The van der Waals surface area contributed by atoms with Gasteiger partial charge in [0.25, 0.3) is 0 Å². The zero-order valence-electron chi connectivity index (χ0n) is 13.1. The molecule has 1 N–H and O–H groups in total. The molecule has 0 aromatic rings. The van der Waals surface area contributed by atoms with Crippen LogP contribution >= 0.6 is 0 Å². The summed E-state index contributed by atoms with van der Waals surface area (Å²) in [7, 11) is 0. The van der Waals surface area contributed by atoms with Crippen LogP contribution in [0.1, 0.15) is 72.6 Å². The fourth-order valence-corrected chi connectivity index (χ4v) is 3.28. The van der Waals surface area contributed by atoms with E-state index in [4.69, 9.17) is 4.74 Å². The standard InChI is InChI=1S/C16H31NO2/c1-5-6-7-8-9-17-15(18)19-14-10-13(2)11-16(3,4)12-14/h13-14H,5-12H2,1-4H3,(H,17,18)/t13-,14+/m0/s1. The van der Waals surface area contributed by atoms with Gasteiger partial charge >= 0.3 is 6.09 Å². The maximum absolute atomic E-state index is 11.7. The molecule has 0 bridgehead atoms. The Morgan fingerprint density at radius 3 is 2.63 bits per heavy atom. The predicted molar refractivity (Wildman–Crippen MR) is 79.2 cm³/mol. The van der Waals surface area contributed by atoms with Gasteiger partial charge in [0, 0.05) is 6.54 Å². The molecular formula is C16H31NO2. The Labute approximate surface area is 118 Å². The molecule has 3 nitrogen and oxygen atoms in total. The lowest BCUT2D eigenvalue weighted by atomic mass is 9.71. The lowest BCUT2D eigenvalue weighted by Gasteiger charge is -2.38. The van der Waals surface area contributed by atoms with E-state index >= 15 is 0 Å². The predicted octanol–water partition coefficient (Wildman–Crippen LogP) is 4.51. The molecular weight excluding hydrogens is 238 g/mol. The molecule has 0 aliphatic heterocycles. The van der Waals surface area contributed by atoms with E-state index in [1.54, 1.807) is 0 Å². The molecule has 0 radical (unpaired) electrons. The van der Waals surface area contributed by atoms with Crippen LogP contribution in [0, 0.1) is 11.3 Å². The number of carbonyl (C=O) groups excluding carboxylic acids is 1. The molecule has 0 unspecified atom stereocenters. The minimum absolute atomic E-state index is 0.0920. The van der Waals surface area contributed by atoms with Gasteiger partial charge in [-0.05, 0) is 37.0 Å². The van der Waals surface area contributed by atoms with Crippen LogP contribution < -0.4 is 5.32 Å². The van der Waals surface area contributed by atoms with E-state index in [2.05, 4.69) is 33.0 Å². The molecule has 1 aliphatic rings. The number of amides is 1. The van der Waals surface area contributed by atoms with E-state index in [0.717, 1.165) is 25.8 Å². The molecule has 0 aromatic heterocycles. The van der Waals surface area contributed by atoms with Gasteiger partial charge < -0.3 is 10.1 Å². The van der Waals surface area contributed by atoms with Gasteiger partial charge in [-0.15, -0.1) is 0 Å².